The minimum absolute atomic E-state index is 0.0830. The predicted octanol–water partition coefficient (Wildman–Crippen LogP) is 1.05. The van der Waals surface area contributed by atoms with Gasteiger partial charge < -0.3 is 5.73 Å². The summed E-state index contributed by atoms with van der Waals surface area (Å²) in [5.41, 5.74) is 8.44. The van der Waals surface area contributed by atoms with Crippen LogP contribution in [0.15, 0.2) is 0 Å². The fourth-order valence-corrected chi connectivity index (χ4v) is 5.11. The lowest BCUT2D eigenvalue weighted by Gasteiger charge is -2.25. The third kappa shape index (κ3) is 2.07. The minimum Gasteiger partial charge on any atom is -0.324 e. The summed E-state index contributed by atoms with van der Waals surface area (Å²) in [5.74, 6) is 0.412. The molecule has 2 rings (SSSR count). The van der Waals surface area contributed by atoms with E-state index in [1.165, 1.54) is 0 Å². The summed E-state index contributed by atoms with van der Waals surface area (Å²) in [7, 11) is -2.93. The van der Waals surface area contributed by atoms with Gasteiger partial charge in [-0.25, -0.2) is 8.42 Å². The summed E-state index contributed by atoms with van der Waals surface area (Å²) in [6, 6.07) is -0.0830. The van der Waals surface area contributed by atoms with Gasteiger partial charge in [0.05, 0.1) is 22.7 Å². The van der Waals surface area contributed by atoms with Crippen molar-refractivity contribution in [2.45, 2.75) is 45.7 Å². The first kappa shape index (κ1) is 13.5. The molecule has 5 nitrogen and oxygen atoms in total. The zero-order chi connectivity index (χ0) is 13.7. The van der Waals surface area contributed by atoms with Crippen LogP contribution in [0.4, 0.5) is 0 Å². The van der Waals surface area contributed by atoms with Gasteiger partial charge in [-0.2, -0.15) is 5.10 Å². The molecule has 0 aliphatic carbocycles. The Morgan fingerprint density at radius 2 is 2.06 bits per heavy atom. The molecule has 1 fully saturated rings. The van der Waals surface area contributed by atoms with E-state index in [1.54, 1.807) is 0 Å². The number of nitrogens with zero attached hydrogens (tertiary/aromatic N) is 2. The average Bonchev–Trinajstić information content (AvgIpc) is 2.65. The molecule has 2 atom stereocenters. The Kier molecular flexibility index (Phi) is 3.06. The highest BCUT2D eigenvalue weighted by Crippen LogP contribution is 2.33. The number of sulfone groups is 1. The second-order valence-corrected chi connectivity index (χ2v) is 7.81. The second kappa shape index (κ2) is 4.06. The van der Waals surface area contributed by atoms with Crippen LogP contribution in [-0.4, -0.2) is 29.7 Å². The Balaban J connectivity index is 2.50. The Labute approximate surface area is 108 Å². The van der Waals surface area contributed by atoms with Gasteiger partial charge in [-0.15, -0.1) is 0 Å². The Morgan fingerprint density at radius 1 is 1.44 bits per heavy atom. The molecule has 0 bridgehead atoms. The standard InChI is InChI=1S/C12H21N3O2S/c1-8(13)11-9(2)14-15(10(11)3)12(4)5-6-18(16,17)7-12/h8H,5-7,13H2,1-4H3. The average molecular weight is 271 g/mol. The van der Waals surface area contributed by atoms with E-state index in [1.807, 2.05) is 32.4 Å². The molecule has 1 aliphatic rings. The fourth-order valence-electron chi connectivity index (χ4n) is 3.00. The molecule has 0 aromatic carbocycles. The lowest BCUT2D eigenvalue weighted by Crippen LogP contribution is -2.33. The molecule has 1 aromatic heterocycles. The molecule has 2 unspecified atom stereocenters. The number of aryl methyl sites for hydroxylation is 1. The minimum atomic E-state index is -2.93. The van der Waals surface area contributed by atoms with Crippen LogP contribution in [-0.2, 0) is 15.4 Å². The normalized spacial score (nSPS) is 28.5. The molecular formula is C12H21N3O2S. The van der Waals surface area contributed by atoms with Gasteiger partial charge in [0.15, 0.2) is 9.84 Å². The number of rotatable bonds is 2. The predicted molar refractivity (Wildman–Crippen MR) is 71.2 cm³/mol. The molecule has 1 saturated heterocycles. The van der Waals surface area contributed by atoms with Crippen molar-refractivity contribution in [3.05, 3.63) is 17.0 Å². The van der Waals surface area contributed by atoms with Gasteiger partial charge in [0.2, 0.25) is 0 Å². The van der Waals surface area contributed by atoms with Crippen molar-refractivity contribution >= 4 is 9.84 Å². The molecule has 18 heavy (non-hydrogen) atoms. The van der Waals surface area contributed by atoms with E-state index in [0.29, 0.717) is 6.42 Å². The quantitative estimate of drug-likeness (QED) is 0.872. The number of aromatic nitrogens is 2. The molecule has 2 N–H and O–H groups in total. The van der Waals surface area contributed by atoms with Crippen LogP contribution in [0.5, 0.6) is 0 Å². The third-order valence-electron chi connectivity index (χ3n) is 3.80. The van der Waals surface area contributed by atoms with Crippen LogP contribution >= 0.6 is 0 Å². The van der Waals surface area contributed by atoms with Crippen molar-refractivity contribution in [2.24, 2.45) is 5.73 Å². The molecule has 0 radical (unpaired) electrons. The van der Waals surface area contributed by atoms with Gasteiger partial charge in [-0.3, -0.25) is 4.68 Å². The van der Waals surface area contributed by atoms with Crippen LogP contribution in [0.2, 0.25) is 0 Å². The molecular weight excluding hydrogens is 250 g/mol. The first-order valence-electron chi connectivity index (χ1n) is 6.19. The highest BCUT2D eigenvalue weighted by molar-refractivity contribution is 7.91. The van der Waals surface area contributed by atoms with Crippen LogP contribution in [0.25, 0.3) is 0 Å². The molecule has 6 heteroatoms. The van der Waals surface area contributed by atoms with Crippen molar-refractivity contribution in [1.82, 2.24) is 9.78 Å². The van der Waals surface area contributed by atoms with Crippen molar-refractivity contribution in [2.75, 3.05) is 11.5 Å². The summed E-state index contributed by atoms with van der Waals surface area (Å²) in [6.07, 6.45) is 0.621. The van der Waals surface area contributed by atoms with E-state index in [-0.39, 0.29) is 17.5 Å². The van der Waals surface area contributed by atoms with E-state index in [0.717, 1.165) is 17.0 Å². The first-order valence-corrected chi connectivity index (χ1v) is 8.01. The summed E-state index contributed by atoms with van der Waals surface area (Å²) >= 11 is 0. The summed E-state index contributed by atoms with van der Waals surface area (Å²) < 4.78 is 25.2. The smallest absolute Gasteiger partial charge is 0.152 e. The van der Waals surface area contributed by atoms with Crippen molar-refractivity contribution in [3.63, 3.8) is 0 Å². The Bertz CT molecular complexity index is 574. The van der Waals surface area contributed by atoms with E-state index in [9.17, 15) is 8.42 Å². The Morgan fingerprint density at radius 3 is 2.44 bits per heavy atom. The molecule has 0 amide bonds. The largest absolute Gasteiger partial charge is 0.324 e. The lowest BCUT2D eigenvalue weighted by atomic mass is 10.0. The van der Waals surface area contributed by atoms with Crippen LogP contribution < -0.4 is 5.73 Å². The SMILES string of the molecule is Cc1nn(C2(C)CCS(=O)(=O)C2)c(C)c1C(C)N. The topological polar surface area (TPSA) is 78.0 Å². The summed E-state index contributed by atoms with van der Waals surface area (Å²) in [5, 5.41) is 4.52. The van der Waals surface area contributed by atoms with Gasteiger partial charge in [0, 0.05) is 17.3 Å². The van der Waals surface area contributed by atoms with Crippen molar-refractivity contribution in [3.8, 4) is 0 Å². The lowest BCUT2D eigenvalue weighted by molar-refractivity contribution is 0.320. The number of hydrogen-bond acceptors (Lipinski definition) is 4. The zero-order valence-electron chi connectivity index (χ0n) is 11.4. The van der Waals surface area contributed by atoms with E-state index < -0.39 is 15.4 Å². The monoisotopic (exact) mass is 271 g/mol. The van der Waals surface area contributed by atoms with Gasteiger partial charge in [-0.1, -0.05) is 0 Å². The molecule has 0 spiro atoms. The molecule has 0 saturated carbocycles. The van der Waals surface area contributed by atoms with Gasteiger partial charge in [-0.05, 0) is 34.1 Å². The van der Waals surface area contributed by atoms with Crippen molar-refractivity contribution in [1.29, 1.82) is 0 Å². The second-order valence-electron chi connectivity index (χ2n) is 5.62. The van der Waals surface area contributed by atoms with Gasteiger partial charge >= 0.3 is 0 Å². The van der Waals surface area contributed by atoms with Crippen molar-refractivity contribution < 1.29 is 8.42 Å². The molecule has 1 aliphatic heterocycles. The van der Waals surface area contributed by atoms with Crippen LogP contribution in [0, 0.1) is 13.8 Å². The summed E-state index contributed by atoms with van der Waals surface area (Å²) in [4.78, 5) is 0. The Hall–Kier alpha value is -0.880. The highest BCUT2D eigenvalue weighted by Gasteiger charge is 2.42. The molecule has 102 valence electrons. The highest BCUT2D eigenvalue weighted by atomic mass is 32.2. The van der Waals surface area contributed by atoms with Crippen LogP contribution in [0.1, 0.15) is 43.3 Å². The molecule has 1 aromatic rings. The van der Waals surface area contributed by atoms with E-state index in [4.69, 9.17) is 5.73 Å². The third-order valence-corrected chi connectivity index (χ3v) is 5.68. The van der Waals surface area contributed by atoms with Gasteiger partial charge in [0.1, 0.15) is 0 Å². The van der Waals surface area contributed by atoms with E-state index >= 15 is 0 Å². The van der Waals surface area contributed by atoms with Gasteiger partial charge in [0.25, 0.3) is 0 Å². The maximum Gasteiger partial charge on any atom is 0.152 e. The van der Waals surface area contributed by atoms with E-state index in [2.05, 4.69) is 5.10 Å². The molecule has 2 heterocycles. The first-order chi connectivity index (χ1) is 8.16. The summed E-state index contributed by atoms with van der Waals surface area (Å²) in [6.45, 7) is 7.78. The number of nitrogens with two attached hydrogens (primary N) is 1. The fraction of sp³-hybridized carbons (Fsp3) is 0.750. The van der Waals surface area contributed by atoms with Crippen LogP contribution in [0.3, 0.4) is 0 Å². The number of hydrogen-bond donors (Lipinski definition) is 1. The zero-order valence-corrected chi connectivity index (χ0v) is 12.2. The maximum absolute atomic E-state index is 11.7. The maximum atomic E-state index is 11.7.